The minimum atomic E-state index is -0.528. The Hall–Kier alpha value is -2.15. The standard InChI is InChI=1S/C12H15N3O4/c16-11(8-4-5-8)7-13-12(17)14-9-2-1-3-10(6-9)15(18)19/h1-3,6,8,11,16H,4-5,7H2,(H2,13,14,17). The van der Waals surface area contributed by atoms with Gasteiger partial charge in [0, 0.05) is 24.4 Å². The molecule has 7 heteroatoms. The van der Waals surface area contributed by atoms with E-state index in [0.717, 1.165) is 12.8 Å². The van der Waals surface area contributed by atoms with E-state index in [0.29, 0.717) is 5.69 Å². The molecule has 0 spiro atoms. The van der Waals surface area contributed by atoms with Crippen molar-refractivity contribution >= 4 is 17.4 Å². The maximum absolute atomic E-state index is 11.5. The number of nitrogens with zero attached hydrogens (tertiary/aromatic N) is 1. The molecule has 2 rings (SSSR count). The SMILES string of the molecule is O=C(NCC(O)C1CC1)Nc1cccc([N+](=O)[O-])c1. The number of nitro benzene ring substituents is 1. The van der Waals surface area contributed by atoms with Crippen LogP contribution in [0.4, 0.5) is 16.2 Å². The molecule has 0 saturated heterocycles. The second-order valence-electron chi connectivity index (χ2n) is 4.55. The van der Waals surface area contributed by atoms with E-state index >= 15 is 0 Å². The van der Waals surface area contributed by atoms with Crippen LogP contribution in [-0.4, -0.2) is 28.7 Å². The highest BCUT2D eigenvalue weighted by Crippen LogP contribution is 2.32. The van der Waals surface area contributed by atoms with Crippen molar-refractivity contribution < 1.29 is 14.8 Å². The van der Waals surface area contributed by atoms with Crippen LogP contribution in [0.1, 0.15) is 12.8 Å². The molecule has 102 valence electrons. The van der Waals surface area contributed by atoms with Crippen LogP contribution in [0, 0.1) is 16.0 Å². The van der Waals surface area contributed by atoms with Crippen LogP contribution in [0.25, 0.3) is 0 Å². The van der Waals surface area contributed by atoms with Gasteiger partial charge in [0.15, 0.2) is 0 Å². The molecule has 1 fully saturated rings. The van der Waals surface area contributed by atoms with Gasteiger partial charge in [0.1, 0.15) is 0 Å². The van der Waals surface area contributed by atoms with Crippen LogP contribution in [0.5, 0.6) is 0 Å². The van der Waals surface area contributed by atoms with Crippen LogP contribution in [-0.2, 0) is 0 Å². The lowest BCUT2D eigenvalue weighted by molar-refractivity contribution is -0.384. The lowest BCUT2D eigenvalue weighted by atomic mass is 10.2. The van der Waals surface area contributed by atoms with Crippen molar-refractivity contribution in [2.75, 3.05) is 11.9 Å². The normalized spacial score (nSPS) is 15.6. The van der Waals surface area contributed by atoms with E-state index in [2.05, 4.69) is 10.6 Å². The van der Waals surface area contributed by atoms with E-state index in [9.17, 15) is 20.0 Å². The molecule has 2 amide bonds. The molecule has 0 radical (unpaired) electrons. The summed E-state index contributed by atoms with van der Waals surface area (Å²) in [5, 5.41) is 25.2. The van der Waals surface area contributed by atoms with Gasteiger partial charge in [-0.1, -0.05) is 6.07 Å². The highest BCUT2D eigenvalue weighted by Gasteiger charge is 2.29. The van der Waals surface area contributed by atoms with Crippen LogP contribution < -0.4 is 10.6 Å². The molecule has 1 atom stereocenters. The number of hydrogen-bond acceptors (Lipinski definition) is 4. The van der Waals surface area contributed by atoms with Crippen molar-refractivity contribution in [3.63, 3.8) is 0 Å². The van der Waals surface area contributed by atoms with Crippen molar-refractivity contribution in [2.24, 2.45) is 5.92 Å². The Kier molecular flexibility index (Phi) is 3.96. The van der Waals surface area contributed by atoms with Gasteiger partial charge in [-0.2, -0.15) is 0 Å². The Morgan fingerprint density at radius 1 is 1.53 bits per heavy atom. The minimum absolute atomic E-state index is 0.0872. The number of carbonyl (C=O) groups is 1. The third-order valence-corrected chi connectivity index (χ3v) is 2.95. The molecule has 1 saturated carbocycles. The molecular formula is C12H15N3O4. The molecule has 0 bridgehead atoms. The van der Waals surface area contributed by atoms with Crippen molar-refractivity contribution in [2.45, 2.75) is 18.9 Å². The summed E-state index contributed by atoms with van der Waals surface area (Å²) in [6.45, 7) is 0.186. The fourth-order valence-corrected chi connectivity index (χ4v) is 1.72. The molecule has 1 aliphatic rings. The number of hydrogen-bond donors (Lipinski definition) is 3. The van der Waals surface area contributed by atoms with Crippen molar-refractivity contribution in [3.8, 4) is 0 Å². The summed E-state index contributed by atoms with van der Waals surface area (Å²) >= 11 is 0. The zero-order chi connectivity index (χ0) is 13.8. The molecule has 1 aromatic carbocycles. The summed E-state index contributed by atoms with van der Waals surface area (Å²) in [7, 11) is 0. The number of anilines is 1. The van der Waals surface area contributed by atoms with Gasteiger partial charge >= 0.3 is 6.03 Å². The predicted octanol–water partition coefficient (Wildman–Crippen LogP) is 1.49. The van der Waals surface area contributed by atoms with Crippen LogP contribution in [0.15, 0.2) is 24.3 Å². The summed E-state index contributed by atoms with van der Waals surface area (Å²) in [6, 6.07) is 5.19. The number of aliphatic hydroxyl groups is 1. The lowest BCUT2D eigenvalue weighted by Crippen LogP contribution is -2.36. The van der Waals surface area contributed by atoms with Gasteiger partial charge < -0.3 is 15.7 Å². The van der Waals surface area contributed by atoms with Crippen LogP contribution in [0.2, 0.25) is 0 Å². The number of amides is 2. The summed E-state index contributed by atoms with van der Waals surface area (Å²) in [5.41, 5.74) is 0.253. The zero-order valence-corrected chi connectivity index (χ0v) is 10.2. The van der Waals surface area contributed by atoms with Gasteiger partial charge in [-0.15, -0.1) is 0 Å². The Bertz CT molecular complexity index is 488. The number of nitro groups is 1. The number of urea groups is 1. The van der Waals surface area contributed by atoms with E-state index in [1.54, 1.807) is 6.07 Å². The monoisotopic (exact) mass is 265 g/mol. The zero-order valence-electron chi connectivity index (χ0n) is 10.2. The first-order valence-electron chi connectivity index (χ1n) is 6.03. The third-order valence-electron chi connectivity index (χ3n) is 2.95. The molecule has 7 nitrogen and oxygen atoms in total. The van der Waals surface area contributed by atoms with Crippen molar-refractivity contribution in [3.05, 3.63) is 34.4 Å². The van der Waals surface area contributed by atoms with Gasteiger partial charge in [0.05, 0.1) is 11.0 Å². The van der Waals surface area contributed by atoms with E-state index < -0.39 is 17.1 Å². The average Bonchev–Trinajstić information content (AvgIpc) is 3.20. The van der Waals surface area contributed by atoms with Crippen LogP contribution in [0.3, 0.4) is 0 Å². The first-order valence-corrected chi connectivity index (χ1v) is 6.03. The number of non-ortho nitro benzene ring substituents is 1. The van der Waals surface area contributed by atoms with E-state index in [-0.39, 0.29) is 18.2 Å². The lowest BCUT2D eigenvalue weighted by Gasteiger charge is -2.11. The van der Waals surface area contributed by atoms with Crippen LogP contribution >= 0.6 is 0 Å². The number of aliphatic hydroxyl groups excluding tert-OH is 1. The number of carbonyl (C=O) groups excluding carboxylic acids is 1. The maximum Gasteiger partial charge on any atom is 0.319 e. The topological polar surface area (TPSA) is 104 Å². The summed E-state index contributed by atoms with van der Waals surface area (Å²) in [4.78, 5) is 21.6. The molecule has 1 aliphatic carbocycles. The smallest absolute Gasteiger partial charge is 0.319 e. The van der Waals surface area contributed by atoms with E-state index in [1.807, 2.05) is 0 Å². The predicted molar refractivity (Wildman–Crippen MR) is 68.8 cm³/mol. The molecule has 19 heavy (non-hydrogen) atoms. The third kappa shape index (κ3) is 3.92. The summed E-state index contributed by atoms with van der Waals surface area (Å²) in [6.07, 6.45) is 1.47. The van der Waals surface area contributed by atoms with Crippen molar-refractivity contribution in [1.29, 1.82) is 0 Å². The molecule has 0 heterocycles. The molecular weight excluding hydrogens is 250 g/mol. The molecule has 0 aromatic heterocycles. The number of nitrogens with one attached hydrogen (secondary N) is 2. The first-order chi connectivity index (χ1) is 9.06. The Morgan fingerprint density at radius 3 is 2.89 bits per heavy atom. The van der Waals surface area contributed by atoms with Crippen molar-refractivity contribution in [1.82, 2.24) is 5.32 Å². The molecule has 1 aromatic rings. The second kappa shape index (κ2) is 5.66. The molecule has 3 N–H and O–H groups in total. The van der Waals surface area contributed by atoms with E-state index in [1.165, 1.54) is 18.2 Å². The number of benzene rings is 1. The first kappa shape index (κ1) is 13.3. The Labute approximate surface area is 109 Å². The largest absolute Gasteiger partial charge is 0.391 e. The summed E-state index contributed by atoms with van der Waals surface area (Å²) in [5.74, 6) is 0.290. The number of rotatable bonds is 5. The fourth-order valence-electron chi connectivity index (χ4n) is 1.72. The van der Waals surface area contributed by atoms with Gasteiger partial charge in [0.2, 0.25) is 0 Å². The second-order valence-corrected chi connectivity index (χ2v) is 4.55. The van der Waals surface area contributed by atoms with Gasteiger partial charge in [0.25, 0.3) is 5.69 Å². The fraction of sp³-hybridized carbons (Fsp3) is 0.417. The van der Waals surface area contributed by atoms with E-state index in [4.69, 9.17) is 0 Å². The highest BCUT2D eigenvalue weighted by molar-refractivity contribution is 5.89. The van der Waals surface area contributed by atoms with Gasteiger partial charge in [-0.25, -0.2) is 4.79 Å². The molecule has 1 unspecified atom stereocenters. The summed E-state index contributed by atoms with van der Waals surface area (Å²) < 4.78 is 0. The Morgan fingerprint density at radius 2 is 2.26 bits per heavy atom. The van der Waals surface area contributed by atoms with Gasteiger partial charge in [-0.3, -0.25) is 10.1 Å². The highest BCUT2D eigenvalue weighted by atomic mass is 16.6. The van der Waals surface area contributed by atoms with Gasteiger partial charge in [-0.05, 0) is 24.8 Å². The molecule has 0 aliphatic heterocycles. The average molecular weight is 265 g/mol. The quantitative estimate of drug-likeness (QED) is 0.554. The maximum atomic E-state index is 11.5. The Balaban J connectivity index is 1.84. The minimum Gasteiger partial charge on any atom is -0.391 e.